The Morgan fingerprint density at radius 3 is 2.58 bits per heavy atom. The molecule has 1 aromatic carbocycles. The van der Waals surface area contributed by atoms with Crippen molar-refractivity contribution in [1.82, 2.24) is 10.6 Å². The molecule has 1 aliphatic carbocycles. The molecule has 2 amide bonds. The minimum Gasteiger partial charge on any atom is -0.454 e. The molecule has 0 bridgehead atoms. The first kappa shape index (κ1) is 18.5. The van der Waals surface area contributed by atoms with Crippen molar-refractivity contribution in [2.24, 2.45) is 11.8 Å². The molecular formula is C20H28N2O4. The van der Waals surface area contributed by atoms with E-state index in [1.54, 1.807) is 0 Å². The second-order valence-corrected chi connectivity index (χ2v) is 7.47. The maximum atomic E-state index is 12.6. The van der Waals surface area contributed by atoms with E-state index in [4.69, 9.17) is 9.47 Å². The van der Waals surface area contributed by atoms with Crippen LogP contribution >= 0.6 is 0 Å². The Kier molecular flexibility index (Phi) is 6.01. The van der Waals surface area contributed by atoms with Crippen LogP contribution in [0.3, 0.4) is 0 Å². The third-order valence-corrected chi connectivity index (χ3v) is 5.13. The van der Waals surface area contributed by atoms with Crippen LogP contribution in [0, 0.1) is 11.8 Å². The highest BCUT2D eigenvalue weighted by Crippen LogP contribution is 2.32. The fourth-order valence-electron chi connectivity index (χ4n) is 3.52. The number of nitrogens with one attached hydrogen (secondary N) is 2. The Morgan fingerprint density at radius 2 is 1.85 bits per heavy atom. The second-order valence-electron chi connectivity index (χ2n) is 7.47. The first-order chi connectivity index (χ1) is 12.5. The number of benzene rings is 1. The van der Waals surface area contributed by atoms with Crippen LogP contribution in [-0.2, 0) is 16.1 Å². The van der Waals surface area contributed by atoms with E-state index in [1.165, 1.54) is 6.42 Å². The Labute approximate surface area is 154 Å². The number of amides is 2. The van der Waals surface area contributed by atoms with Gasteiger partial charge in [0, 0.05) is 12.5 Å². The quantitative estimate of drug-likeness (QED) is 0.818. The van der Waals surface area contributed by atoms with E-state index in [2.05, 4.69) is 10.6 Å². The SMILES string of the molecule is CC(C)[C@H](NC(=O)C1CCCCC1)C(=O)NCc1ccc2c(c1)OCO2. The molecule has 0 radical (unpaired) electrons. The van der Waals surface area contributed by atoms with Crippen molar-refractivity contribution < 1.29 is 19.1 Å². The van der Waals surface area contributed by atoms with Gasteiger partial charge in [0.2, 0.25) is 18.6 Å². The van der Waals surface area contributed by atoms with Crippen LogP contribution in [0.4, 0.5) is 0 Å². The third-order valence-electron chi connectivity index (χ3n) is 5.13. The van der Waals surface area contributed by atoms with E-state index >= 15 is 0 Å². The largest absolute Gasteiger partial charge is 0.454 e. The zero-order chi connectivity index (χ0) is 18.5. The van der Waals surface area contributed by atoms with Gasteiger partial charge in [-0.05, 0) is 36.5 Å². The van der Waals surface area contributed by atoms with Gasteiger partial charge in [0.15, 0.2) is 11.5 Å². The molecule has 2 N–H and O–H groups in total. The predicted molar refractivity (Wildman–Crippen MR) is 97.8 cm³/mol. The van der Waals surface area contributed by atoms with Crippen molar-refractivity contribution in [2.45, 2.75) is 58.5 Å². The number of rotatable bonds is 6. The highest BCUT2D eigenvalue weighted by molar-refractivity contribution is 5.88. The molecule has 0 saturated heterocycles. The molecule has 1 fully saturated rings. The Balaban J connectivity index is 1.55. The van der Waals surface area contributed by atoms with Crippen molar-refractivity contribution in [1.29, 1.82) is 0 Å². The lowest BCUT2D eigenvalue weighted by Crippen LogP contribution is -2.51. The van der Waals surface area contributed by atoms with E-state index in [0.29, 0.717) is 12.3 Å². The summed E-state index contributed by atoms with van der Waals surface area (Å²) >= 11 is 0. The van der Waals surface area contributed by atoms with Gasteiger partial charge in [-0.1, -0.05) is 39.2 Å². The molecule has 6 nitrogen and oxygen atoms in total. The van der Waals surface area contributed by atoms with E-state index in [1.807, 2.05) is 32.0 Å². The first-order valence-electron chi connectivity index (χ1n) is 9.51. The number of ether oxygens (including phenoxy) is 2. The summed E-state index contributed by atoms with van der Waals surface area (Å²) in [7, 11) is 0. The maximum Gasteiger partial charge on any atom is 0.243 e. The summed E-state index contributed by atoms with van der Waals surface area (Å²) in [5.41, 5.74) is 0.934. The average molecular weight is 360 g/mol. The van der Waals surface area contributed by atoms with Crippen molar-refractivity contribution in [3.8, 4) is 11.5 Å². The molecule has 1 heterocycles. The maximum absolute atomic E-state index is 12.6. The molecule has 1 atom stereocenters. The second kappa shape index (κ2) is 8.43. The smallest absolute Gasteiger partial charge is 0.243 e. The van der Waals surface area contributed by atoms with Gasteiger partial charge in [-0.3, -0.25) is 9.59 Å². The molecule has 142 valence electrons. The summed E-state index contributed by atoms with van der Waals surface area (Å²) in [5, 5.41) is 5.90. The van der Waals surface area contributed by atoms with E-state index in [0.717, 1.165) is 37.0 Å². The lowest BCUT2D eigenvalue weighted by atomic mass is 9.88. The molecular weight excluding hydrogens is 332 g/mol. The van der Waals surface area contributed by atoms with Gasteiger partial charge in [0.1, 0.15) is 6.04 Å². The zero-order valence-electron chi connectivity index (χ0n) is 15.5. The summed E-state index contributed by atoms with van der Waals surface area (Å²) < 4.78 is 10.7. The van der Waals surface area contributed by atoms with Crippen LogP contribution in [0.5, 0.6) is 11.5 Å². The Morgan fingerprint density at radius 1 is 1.12 bits per heavy atom. The van der Waals surface area contributed by atoms with Gasteiger partial charge in [-0.15, -0.1) is 0 Å². The first-order valence-corrected chi connectivity index (χ1v) is 9.51. The molecule has 0 spiro atoms. The lowest BCUT2D eigenvalue weighted by molar-refractivity contribution is -0.132. The highest BCUT2D eigenvalue weighted by Gasteiger charge is 2.28. The van der Waals surface area contributed by atoms with Crippen molar-refractivity contribution in [3.05, 3.63) is 23.8 Å². The van der Waals surface area contributed by atoms with Crippen molar-refractivity contribution >= 4 is 11.8 Å². The summed E-state index contributed by atoms with van der Waals surface area (Å²) in [6.07, 6.45) is 5.25. The van der Waals surface area contributed by atoms with Gasteiger partial charge in [0.05, 0.1) is 0 Å². The van der Waals surface area contributed by atoms with Gasteiger partial charge in [-0.2, -0.15) is 0 Å². The number of carbonyl (C=O) groups is 2. The summed E-state index contributed by atoms with van der Waals surface area (Å²) in [6.45, 7) is 4.52. The predicted octanol–water partition coefficient (Wildman–Crippen LogP) is 2.75. The topological polar surface area (TPSA) is 76.7 Å². The number of hydrogen-bond donors (Lipinski definition) is 2. The normalized spacial score (nSPS) is 17.8. The van der Waals surface area contributed by atoms with Crippen LogP contribution in [-0.4, -0.2) is 24.6 Å². The van der Waals surface area contributed by atoms with Gasteiger partial charge < -0.3 is 20.1 Å². The fourth-order valence-corrected chi connectivity index (χ4v) is 3.52. The average Bonchev–Trinajstić information content (AvgIpc) is 3.12. The standard InChI is InChI=1S/C20H28N2O4/c1-13(2)18(22-19(23)15-6-4-3-5-7-15)20(24)21-11-14-8-9-16-17(10-14)26-12-25-16/h8-10,13,15,18H,3-7,11-12H2,1-2H3,(H,21,24)(H,22,23)/t18-/m0/s1. The molecule has 3 rings (SSSR count). The van der Waals surface area contributed by atoms with Crippen LogP contribution < -0.4 is 20.1 Å². The molecule has 1 saturated carbocycles. The minimum absolute atomic E-state index is 0.0154. The monoisotopic (exact) mass is 360 g/mol. The van der Waals surface area contributed by atoms with E-state index in [9.17, 15) is 9.59 Å². The summed E-state index contributed by atoms with van der Waals surface area (Å²) in [4.78, 5) is 25.1. The fraction of sp³-hybridized carbons (Fsp3) is 0.600. The van der Waals surface area contributed by atoms with Crippen molar-refractivity contribution in [3.63, 3.8) is 0 Å². The van der Waals surface area contributed by atoms with E-state index < -0.39 is 6.04 Å². The van der Waals surface area contributed by atoms with Crippen LogP contribution in [0.15, 0.2) is 18.2 Å². The number of carbonyl (C=O) groups excluding carboxylic acids is 2. The van der Waals surface area contributed by atoms with Crippen LogP contribution in [0.1, 0.15) is 51.5 Å². The summed E-state index contributed by atoms with van der Waals surface area (Å²) in [6, 6.07) is 5.10. The van der Waals surface area contributed by atoms with Crippen LogP contribution in [0.25, 0.3) is 0 Å². The molecule has 26 heavy (non-hydrogen) atoms. The Hall–Kier alpha value is -2.24. The van der Waals surface area contributed by atoms with Gasteiger partial charge in [0.25, 0.3) is 0 Å². The Bertz CT molecular complexity index is 653. The van der Waals surface area contributed by atoms with Crippen molar-refractivity contribution in [2.75, 3.05) is 6.79 Å². The molecule has 1 aliphatic heterocycles. The number of hydrogen-bond acceptors (Lipinski definition) is 4. The van der Waals surface area contributed by atoms with Gasteiger partial charge in [-0.25, -0.2) is 0 Å². The highest BCUT2D eigenvalue weighted by atomic mass is 16.7. The minimum atomic E-state index is -0.515. The number of fused-ring (bicyclic) bond motifs is 1. The van der Waals surface area contributed by atoms with Crippen LogP contribution in [0.2, 0.25) is 0 Å². The molecule has 2 aliphatic rings. The molecule has 6 heteroatoms. The third kappa shape index (κ3) is 4.48. The lowest BCUT2D eigenvalue weighted by Gasteiger charge is -2.26. The van der Waals surface area contributed by atoms with Gasteiger partial charge >= 0.3 is 0 Å². The molecule has 1 aromatic rings. The zero-order valence-corrected chi connectivity index (χ0v) is 15.5. The summed E-state index contributed by atoms with van der Waals surface area (Å²) in [5.74, 6) is 1.36. The van der Waals surface area contributed by atoms with E-state index in [-0.39, 0.29) is 30.4 Å². The molecule has 0 unspecified atom stereocenters. The molecule has 0 aromatic heterocycles.